The number of benzene rings is 2. The van der Waals surface area contributed by atoms with Crippen molar-refractivity contribution in [2.24, 2.45) is 5.92 Å². The molecule has 0 bridgehead atoms. The summed E-state index contributed by atoms with van der Waals surface area (Å²) in [5.74, 6) is 1.45. The first-order chi connectivity index (χ1) is 16.9. The summed E-state index contributed by atoms with van der Waals surface area (Å²) in [6.07, 6.45) is 2.80. The molecule has 0 aliphatic carbocycles. The van der Waals surface area contributed by atoms with Gasteiger partial charge in [-0.25, -0.2) is 0 Å². The van der Waals surface area contributed by atoms with Crippen LogP contribution in [0.5, 0.6) is 5.75 Å². The maximum absolute atomic E-state index is 12.9. The van der Waals surface area contributed by atoms with E-state index in [2.05, 4.69) is 22.2 Å². The average molecular weight is 475 g/mol. The summed E-state index contributed by atoms with van der Waals surface area (Å²) < 4.78 is 7.11. The number of carbonyl (C=O) groups is 1. The van der Waals surface area contributed by atoms with Gasteiger partial charge >= 0.3 is 0 Å². The van der Waals surface area contributed by atoms with Gasteiger partial charge in [-0.15, -0.1) is 5.10 Å². The van der Waals surface area contributed by atoms with Crippen LogP contribution in [0, 0.1) is 5.92 Å². The van der Waals surface area contributed by atoms with Crippen molar-refractivity contribution < 1.29 is 9.53 Å². The van der Waals surface area contributed by atoms with Crippen LogP contribution in [0.1, 0.15) is 44.7 Å². The van der Waals surface area contributed by atoms with Gasteiger partial charge in [0.05, 0.1) is 17.7 Å². The van der Waals surface area contributed by atoms with Gasteiger partial charge in [0.2, 0.25) is 5.91 Å². The lowest BCUT2D eigenvalue weighted by molar-refractivity contribution is -0.125. The van der Waals surface area contributed by atoms with Crippen molar-refractivity contribution >= 4 is 11.7 Å². The minimum Gasteiger partial charge on any atom is -0.491 e. The van der Waals surface area contributed by atoms with E-state index in [9.17, 15) is 9.59 Å². The smallest absolute Gasteiger partial charge is 0.271 e. The normalized spacial score (nSPS) is 15.8. The molecule has 1 saturated heterocycles. The van der Waals surface area contributed by atoms with Crippen molar-refractivity contribution in [1.82, 2.24) is 15.1 Å². The number of aromatic nitrogens is 2. The summed E-state index contributed by atoms with van der Waals surface area (Å²) in [6, 6.07) is 19.0. The zero-order valence-electron chi connectivity index (χ0n) is 20.7. The monoisotopic (exact) mass is 474 g/mol. The van der Waals surface area contributed by atoms with Crippen molar-refractivity contribution in [2.45, 2.75) is 52.7 Å². The van der Waals surface area contributed by atoms with Crippen LogP contribution in [0.2, 0.25) is 0 Å². The molecular weight excluding hydrogens is 440 g/mol. The van der Waals surface area contributed by atoms with Gasteiger partial charge in [-0.2, -0.15) is 4.68 Å². The second-order valence-corrected chi connectivity index (χ2v) is 9.28. The lowest BCUT2D eigenvalue weighted by Crippen LogP contribution is -2.43. The molecule has 3 aromatic rings. The lowest BCUT2D eigenvalue weighted by Gasteiger charge is -2.33. The van der Waals surface area contributed by atoms with Crippen LogP contribution in [0.25, 0.3) is 5.69 Å². The van der Waals surface area contributed by atoms with Gasteiger partial charge in [-0.05, 0) is 74.6 Å². The van der Waals surface area contributed by atoms with Crippen LogP contribution >= 0.6 is 0 Å². The highest BCUT2D eigenvalue weighted by Crippen LogP contribution is 2.22. The number of rotatable bonds is 8. The van der Waals surface area contributed by atoms with Crippen molar-refractivity contribution in [3.8, 4) is 11.4 Å². The Labute approximate surface area is 206 Å². The predicted molar refractivity (Wildman–Crippen MR) is 138 cm³/mol. The van der Waals surface area contributed by atoms with Crippen LogP contribution in [0.15, 0.2) is 65.5 Å². The van der Waals surface area contributed by atoms with E-state index >= 15 is 0 Å². The van der Waals surface area contributed by atoms with E-state index in [0.29, 0.717) is 18.9 Å². The molecule has 2 heterocycles. The van der Waals surface area contributed by atoms with Gasteiger partial charge in [-0.1, -0.05) is 31.2 Å². The highest BCUT2D eigenvalue weighted by molar-refractivity contribution is 5.79. The summed E-state index contributed by atoms with van der Waals surface area (Å²) in [5, 5.41) is 7.70. The third-order valence-corrected chi connectivity index (χ3v) is 6.25. The number of aryl methyl sites for hydroxylation is 1. The Morgan fingerprint density at radius 2 is 1.77 bits per heavy atom. The Bertz CT molecular complexity index is 1190. The Morgan fingerprint density at radius 1 is 1.06 bits per heavy atom. The third-order valence-electron chi connectivity index (χ3n) is 6.25. The third kappa shape index (κ3) is 6.29. The molecule has 0 radical (unpaired) electrons. The first-order valence-corrected chi connectivity index (χ1v) is 12.4. The molecule has 1 aliphatic rings. The van der Waals surface area contributed by atoms with Crippen molar-refractivity contribution in [1.29, 1.82) is 0 Å². The molecule has 1 aromatic heterocycles. The van der Waals surface area contributed by atoms with E-state index < -0.39 is 0 Å². The fourth-order valence-electron chi connectivity index (χ4n) is 4.32. The molecule has 1 aliphatic heterocycles. The van der Waals surface area contributed by atoms with Gasteiger partial charge < -0.3 is 15.0 Å². The fourth-order valence-corrected chi connectivity index (χ4v) is 4.32. The zero-order chi connectivity index (χ0) is 24.8. The first kappa shape index (κ1) is 24.5. The predicted octanol–water partition coefficient (Wildman–Crippen LogP) is 4.11. The zero-order valence-corrected chi connectivity index (χ0v) is 20.7. The number of carbonyl (C=O) groups excluding carboxylic acids is 1. The van der Waals surface area contributed by atoms with E-state index in [1.807, 2.05) is 62.4 Å². The van der Waals surface area contributed by atoms with Gasteiger partial charge in [0.15, 0.2) is 0 Å². The number of anilines is 1. The summed E-state index contributed by atoms with van der Waals surface area (Å²) >= 11 is 0. The Kier molecular flexibility index (Phi) is 7.85. The number of amides is 1. The van der Waals surface area contributed by atoms with E-state index in [0.717, 1.165) is 42.8 Å². The molecule has 35 heavy (non-hydrogen) atoms. The maximum Gasteiger partial charge on any atom is 0.271 e. The number of nitrogens with one attached hydrogen (secondary N) is 1. The quantitative estimate of drug-likeness (QED) is 0.532. The SMILES string of the molecule is CCc1ccc(-n2nc(N3CCC[C@H](C(=O)NCc4ccc(OC(C)C)cc4)C3)ccc2=O)cc1. The number of piperidine rings is 1. The van der Waals surface area contributed by atoms with Crippen molar-refractivity contribution in [2.75, 3.05) is 18.0 Å². The Morgan fingerprint density at radius 3 is 2.46 bits per heavy atom. The van der Waals surface area contributed by atoms with E-state index in [4.69, 9.17) is 4.74 Å². The van der Waals surface area contributed by atoms with E-state index in [-0.39, 0.29) is 23.5 Å². The Balaban J connectivity index is 1.39. The van der Waals surface area contributed by atoms with Crippen LogP contribution in [0.4, 0.5) is 5.82 Å². The van der Waals surface area contributed by atoms with Gasteiger partial charge in [-0.3, -0.25) is 9.59 Å². The summed E-state index contributed by atoms with van der Waals surface area (Å²) in [6.45, 7) is 7.95. The summed E-state index contributed by atoms with van der Waals surface area (Å²) in [7, 11) is 0. The molecule has 1 fully saturated rings. The standard InChI is InChI=1S/C28H34N4O3/c1-4-21-7-11-24(12-8-21)32-27(33)16-15-26(30-32)31-17-5-6-23(19-31)28(34)29-18-22-9-13-25(14-10-22)35-20(2)3/h7-16,20,23H,4-6,17-19H2,1-3H3,(H,29,34)/t23-/m0/s1. The van der Waals surface area contributed by atoms with Crippen LogP contribution in [0.3, 0.4) is 0 Å². The number of nitrogens with zero attached hydrogens (tertiary/aromatic N) is 3. The van der Waals surface area contributed by atoms with Crippen LogP contribution in [-0.2, 0) is 17.8 Å². The number of ether oxygens (including phenoxy) is 1. The van der Waals surface area contributed by atoms with E-state index in [1.54, 1.807) is 12.1 Å². The lowest BCUT2D eigenvalue weighted by atomic mass is 9.97. The topological polar surface area (TPSA) is 76.5 Å². The molecule has 2 aromatic carbocycles. The molecule has 4 rings (SSSR count). The first-order valence-electron chi connectivity index (χ1n) is 12.4. The molecule has 0 spiro atoms. The Hall–Kier alpha value is -3.61. The van der Waals surface area contributed by atoms with Gasteiger partial charge in [0, 0.05) is 25.7 Å². The summed E-state index contributed by atoms with van der Waals surface area (Å²) in [5.41, 5.74) is 2.81. The average Bonchev–Trinajstić information content (AvgIpc) is 2.88. The van der Waals surface area contributed by atoms with Crippen molar-refractivity contribution in [3.63, 3.8) is 0 Å². The van der Waals surface area contributed by atoms with Crippen LogP contribution < -0.4 is 20.5 Å². The number of hydrogen-bond acceptors (Lipinski definition) is 5. The number of hydrogen-bond donors (Lipinski definition) is 1. The minimum absolute atomic E-state index is 0.0423. The molecular formula is C28H34N4O3. The highest BCUT2D eigenvalue weighted by atomic mass is 16.5. The molecule has 1 atom stereocenters. The van der Waals surface area contributed by atoms with E-state index in [1.165, 1.54) is 10.2 Å². The molecule has 0 saturated carbocycles. The molecule has 184 valence electrons. The largest absolute Gasteiger partial charge is 0.491 e. The summed E-state index contributed by atoms with van der Waals surface area (Å²) in [4.78, 5) is 27.5. The second-order valence-electron chi connectivity index (χ2n) is 9.28. The molecule has 1 N–H and O–H groups in total. The van der Waals surface area contributed by atoms with Gasteiger partial charge in [0.1, 0.15) is 11.6 Å². The molecule has 7 heteroatoms. The second kappa shape index (κ2) is 11.2. The highest BCUT2D eigenvalue weighted by Gasteiger charge is 2.27. The van der Waals surface area contributed by atoms with Crippen molar-refractivity contribution in [3.05, 3.63) is 82.1 Å². The fraction of sp³-hybridized carbons (Fsp3) is 0.393. The minimum atomic E-state index is -0.172. The van der Waals surface area contributed by atoms with Gasteiger partial charge in [0.25, 0.3) is 5.56 Å². The molecule has 0 unspecified atom stereocenters. The van der Waals surface area contributed by atoms with Crippen LogP contribution in [-0.4, -0.2) is 34.9 Å². The molecule has 1 amide bonds. The molecule has 7 nitrogen and oxygen atoms in total. The maximum atomic E-state index is 12.9.